The minimum Gasteiger partial charge on any atom is -0.326 e. The highest BCUT2D eigenvalue weighted by Gasteiger charge is 2.37. The lowest BCUT2D eigenvalue weighted by Gasteiger charge is -2.11. The van der Waals surface area contributed by atoms with E-state index in [9.17, 15) is 9.59 Å². The van der Waals surface area contributed by atoms with Crippen LogP contribution in [0.15, 0.2) is 41.4 Å². The highest BCUT2D eigenvalue weighted by Crippen LogP contribution is 2.36. The van der Waals surface area contributed by atoms with E-state index >= 15 is 0 Å². The number of nitrogens with one attached hydrogen (secondary N) is 1. The van der Waals surface area contributed by atoms with Gasteiger partial charge in [-0.25, -0.2) is 4.99 Å². The van der Waals surface area contributed by atoms with Crippen molar-refractivity contribution in [3.05, 3.63) is 57.0 Å². The van der Waals surface area contributed by atoms with Gasteiger partial charge >= 0.3 is 0 Å². The third-order valence-corrected chi connectivity index (χ3v) is 6.65. The predicted molar refractivity (Wildman–Crippen MR) is 117 cm³/mol. The Kier molecular flexibility index (Phi) is 6.55. The van der Waals surface area contributed by atoms with E-state index in [-0.39, 0.29) is 18.2 Å². The number of hydrogen-bond donors (Lipinski definition) is 1. The molecule has 0 saturated carbocycles. The van der Waals surface area contributed by atoms with E-state index in [0.717, 1.165) is 5.56 Å². The van der Waals surface area contributed by atoms with Gasteiger partial charge in [0.25, 0.3) is 0 Å². The number of carbonyl (C=O) groups excluding carboxylic acids is 2. The van der Waals surface area contributed by atoms with Crippen LogP contribution in [0.2, 0.25) is 15.1 Å². The molecule has 0 bridgehead atoms. The Hall–Kier alpha value is -1.73. The summed E-state index contributed by atoms with van der Waals surface area (Å²) in [5.74, 6) is -0.466. The fraction of sp³-hybridized carbons (Fsp3) is 0.211. The van der Waals surface area contributed by atoms with Crippen LogP contribution in [0.5, 0.6) is 0 Å². The zero-order valence-electron chi connectivity index (χ0n) is 15.0. The quantitative estimate of drug-likeness (QED) is 0.656. The first-order valence-electron chi connectivity index (χ1n) is 8.30. The second-order valence-electron chi connectivity index (χ2n) is 6.14. The Bertz CT molecular complexity index is 981. The van der Waals surface area contributed by atoms with Gasteiger partial charge < -0.3 is 5.32 Å². The van der Waals surface area contributed by atoms with E-state index in [2.05, 4.69) is 10.3 Å². The molecule has 0 aromatic heterocycles. The van der Waals surface area contributed by atoms with Crippen molar-refractivity contribution in [3.63, 3.8) is 0 Å². The summed E-state index contributed by atoms with van der Waals surface area (Å²) in [6.45, 7) is 1.82. The van der Waals surface area contributed by atoms with Gasteiger partial charge in [0.2, 0.25) is 11.8 Å². The molecule has 1 saturated heterocycles. The number of anilines is 1. The molecule has 1 heterocycles. The fourth-order valence-corrected chi connectivity index (χ4v) is 4.25. The molecule has 1 aliphatic heterocycles. The normalized spacial score (nSPS) is 18.0. The lowest BCUT2D eigenvalue weighted by Crippen LogP contribution is -2.30. The molecule has 5 nitrogen and oxygen atoms in total. The van der Waals surface area contributed by atoms with Crippen LogP contribution in [0, 0.1) is 6.92 Å². The molecule has 1 aliphatic rings. The summed E-state index contributed by atoms with van der Waals surface area (Å²) in [4.78, 5) is 30.8. The highest BCUT2D eigenvalue weighted by atomic mass is 35.5. The van der Waals surface area contributed by atoms with E-state index in [4.69, 9.17) is 34.8 Å². The van der Waals surface area contributed by atoms with Gasteiger partial charge in [0, 0.05) is 24.2 Å². The molecule has 0 spiro atoms. The van der Waals surface area contributed by atoms with Crippen LogP contribution in [-0.4, -0.2) is 34.2 Å². The third-order valence-electron chi connectivity index (χ3n) is 4.20. The molecule has 1 N–H and O–H groups in total. The van der Waals surface area contributed by atoms with Gasteiger partial charge in [0.15, 0.2) is 5.17 Å². The molecule has 1 fully saturated rings. The SMILES string of the molecule is Cc1c(Cl)cccc1NC(=O)C[C@H]1SC(=Nc2cccc(Cl)c2Cl)N(C)C1=O. The lowest BCUT2D eigenvalue weighted by molar-refractivity contribution is -0.127. The number of benzene rings is 2. The average Bonchev–Trinajstić information content (AvgIpc) is 2.91. The summed E-state index contributed by atoms with van der Waals surface area (Å²) >= 11 is 19.5. The van der Waals surface area contributed by atoms with Crippen LogP contribution in [-0.2, 0) is 9.59 Å². The average molecular weight is 457 g/mol. The largest absolute Gasteiger partial charge is 0.326 e. The van der Waals surface area contributed by atoms with E-state index in [1.807, 2.05) is 6.92 Å². The molecule has 2 aromatic rings. The molecule has 3 rings (SSSR count). The minimum atomic E-state index is -0.568. The van der Waals surface area contributed by atoms with Gasteiger partial charge in [-0.1, -0.05) is 58.7 Å². The zero-order valence-corrected chi connectivity index (χ0v) is 18.1. The standard InChI is InChI=1S/C19H16Cl3N3O2S/c1-10-11(20)5-3-7-13(10)23-16(26)9-15-18(27)25(2)19(28-15)24-14-8-4-6-12(21)17(14)22/h3-8,15H,9H2,1-2H3,(H,23,26)/t15-/m1/s1. The maximum Gasteiger partial charge on any atom is 0.242 e. The monoisotopic (exact) mass is 455 g/mol. The van der Waals surface area contributed by atoms with Crippen LogP contribution < -0.4 is 5.32 Å². The first-order chi connectivity index (χ1) is 13.3. The van der Waals surface area contributed by atoms with Crippen molar-refractivity contribution in [1.82, 2.24) is 4.90 Å². The van der Waals surface area contributed by atoms with Crippen molar-refractivity contribution in [1.29, 1.82) is 0 Å². The van der Waals surface area contributed by atoms with Crippen LogP contribution in [0.3, 0.4) is 0 Å². The molecule has 2 aromatic carbocycles. The summed E-state index contributed by atoms with van der Waals surface area (Å²) in [6.07, 6.45) is 0.0160. The number of rotatable bonds is 4. The Morgan fingerprint density at radius 2 is 1.86 bits per heavy atom. The summed E-state index contributed by atoms with van der Waals surface area (Å²) in [6, 6.07) is 10.4. The van der Waals surface area contributed by atoms with Crippen LogP contribution in [0.1, 0.15) is 12.0 Å². The van der Waals surface area contributed by atoms with Gasteiger partial charge in [-0.05, 0) is 36.8 Å². The first kappa shape index (κ1) is 21.0. The van der Waals surface area contributed by atoms with Gasteiger partial charge in [-0.2, -0.15) is 0 Å². The molecule has 28 heavy (non-hydrogen) atoms. The van der Waals surface area contributed by atoms with Crippen LogP contribution in [0.4, 0.5) is 11.4 Å². The van der Waals surface area contributed by atoms with E-state index in [1.54, 1.807) is 43.4 Å². The molecule has 9 heteroatoms. The zero-order chi connectivity index (χ0) is 20.4. The summed E-state index contributed by atoms with van der Waals surface area (Å²) in [7, 11) is 1.62. The molecule has 0 aliphatic carbocycles. The highest BCUT2D eigenvalue weighted by molar-refractivity contribution is 8.15. The third kappa shape index (κ3) is 4.46. The van der Waals surface area contributed by atoms with Crippen molar-refractivity contribution in [2.24, 2.45) is 4.99 Å². The van der Waals surface area contributed by atoms with Crippen LogP contribution >= 0.6 is 46.6 Å². The van der Waals surface area contributed by atoms with Gasteiger partial charge in [-0.3, -0.25) is 14.5 Å². The lowest BCUT2D eigenvalue weighted by atomic mass is 10.2. The van der Waals surface area contributed by atoms with Crippen molar-refractivity contribution in [2.45, 2.75) is 18.6 Å². The molecular weight excluding hydrogens is 441 g/mol. The van der Waals surface area contributed by atoms with Gasteiger partial charge in [0.1, 0.15) is 5.25 Å². The molecule has 2 amide bonds. The number of amidine groups is 1. The maximum absolute atomic E-state index is 12.5. The molecule has 146 valence electrons. The number of halogens is 3. The summed E-state index contributed by atoms with van der Waals surface area (Å²) < 4.78 is 0. The van der Waals surface area contributed by atoms with Gasteiger partial charge in [0.05, 0.1) is 15.7 Å². The number of nitrogens with zero attached hydrogens (tertiary/aromatic N) is 2. The molecular formula is C19H16Cl3N3O2S. The number of hydrogen-bond acceptors (Lipinski definition) is 4. The van der Waals surface area contributed by atoms with Crippen molar-refractivity contribution >= 4 is 74.9 Å². The molecule has 0 unspecified atom stereocenters. The second-order valence-corrected chi connectivity index (χ2v) is 8.50. The van der Waals surface area contributed by atoms with E-state index in [0.29, 0.717) is 31.6 Å². The van der Waals surface area contributed by atoms with E-state index < -0.39 is 5.25 Å². The Labute approximate surface area is 182 Å². The number of aliphatic imine (C=N–C) groups is 1. The number of carbonyl (C=O) groups is 2. The van der Waals surface area contributed by atoms with Crippen molar-refractivity contribution in [2.75, 3.05) is 12.4 Å². The topological polar surface area (TPSA) is 61.8 Å². The maximum atomic E-state index is 12.5. The van der Waals surface area contributed by atoms with Crippen molar-refractivity contribution < 1.29 is 9.59 Å². The molecule has 1 atom stereocenters. The fourth-order valence-electron chi connectivity index (χ4n) is 2.59. The van der Waals surface area contributed by atoms with Crippen LogP contribution in [0.25, 0.3) is 0 Å². The summed E-state index contributed by atoms with van der Waals surface area (Å²) in [5.41, 5.74) is 1.87. The number of thioether (sulfide) groups is 1. The Morgan fingerprint density at radius 3 is 2.61 bits per heavy atom. The van der Waals surface area contributed by atoms with Crippen molar-refractivity contribution in [3.8, 4) is 0 Å². The summed E-state index contributed by atoms with van der Waals surface area (Å²) in [5, 5.41) is 3.97. The first-order valence-corrected chi connectivity index (χ1v) is 10.3. The van der Waals surface area contributed by atoms with Gasteiger partial charge in [-0.15, -0.1) is 0 Å². The minimum absolute atomic E-state index is 0.0160. The number of amides is 2. The smallest absolute Gasteiger partial charge is 0.242 e. The van der Waals surface area contributed by atoms with E-state index in [1.165, 1.54) is 16.7 Å². The Balaban J connectivity index is 1.73. The Morgan fingerprint density at radius 1 is 1.18 bits per heavy atom. The predicted octanol–water partition coefficient (Wildman–Crippen LogP) is 5.55. The second kappa shape index (κ2) is 8.74. The molecule has 0 radical (unpaired) electrons.